The van der Waals surface area contributed by atoms with Crippen LogP contribution >= 0.6 is 0 Å². The number of hydrazine groups is 1. The van der Waals surface area contributed by atoms with E-state index < -0.39 is 0 Å². The van der Waals surface area contributed by atoms with Gasteiger partial charge in [-0.3, -0.25) is 5.43 Å². The fourth-order valence-corrected chi connectivity index (χ4v) is 1.47. The highest BCUT2D eigenvalue weighted by Gasteiger charge is 1.97. The molecule has 0 spiro atoms. The number of benzene rings is 2. The van der Waals surface area contributed by atoms with E-state index in [1.165, 1.54) is 0 Å². The third-order valence-electron chi connectivity index (χ3n) is 2.31. The molecule has 2 rings (SSSR count). The monoisotopic (exact) mass is 213 g/mol. The average molecular weight is 213 g/mol. The molecular formula is C13H15N3. The first-order chi connectivity index (χ1) is 7.90. The van der Waals surface area contributed by atoms with Gasteiger partial charge in [0.1, 0.15) is 0 Å². The molecule has 0 aliphatic carbocycles. The zero-order valence-corrected chi connectivity index (χ0v) is 9.20. The summed E-state index contributed by atoms with van der Waals surface area (Å²) in [4.78, 5) is 0. The van der Waals surface area contributed by atoms with Crippen LogP contribution in [0.1, 0.15) is 0 Å². The topological polar surface area (TPSA) is 36.1 Å². The van der Waals surface area contributed by atoms with Crippen molar-refractivity contribution in [2.45, 2.75) is 0 Å². The largest absolute Gasteiger partial charge is 0.386 e. The van der Waals surface area contributed by atoms with Gasteiger partial charge in [-0.25, -0.2) is 0 Å². The highest BCUT2D eigenvalue weighted by Crippen LogP contribution is 2.20. The van der Waals surface area contributed by atoms with Crippen molar-refractivity contribution in [3.63, 3.8) is 0 Å². The lowest BCUT2D eigenvalue weighted by Crippen LogP contribution is -2.09. The summed E-state index contributed by atoms with van der Waals surface area (Å²) in [6.07, 6.45) is 0. The van der Waals surface area contributed by atoms with E-state index in [0.717, 1.165) is 17.1 Å². The molecular weight excluding hydrogens is 198 g/mol. The number of hydrogen-bond acceptors (Lipinski definition) is 3. The Labute approximate surface area is 95.5 Å². The minimum atomic E-state index is 1.02. The Morgan fingerprint density at radius 2 is 1.31 bits per heavy atom. The molecule has 82 valence electrons. The number of hydrogen-bond donors (Lipinski definition) is 3. The lowest BCUT2D eigenvalue weighted by Gasteiger charge is -2.13. The van der Waals surface area contributed by atoms with Crippen molar-refractivity contribution in [2.24, 2.45) is 0 Å². The molecule has 0 saturated heterocycles. The first-order valence-electron chi connectivity index (χ1n) is 5.24. The van der Waals surface area contributed by atoms with Crippen molar-refractivity contribution in [2.75, 3.05) is 23.2 Å². The fourth-order valence-electron chi connectivity index (χ4n) is 1.47. The predicted molar refractivity (Wildman–Crippen MR) is 69.7 cm³/mol. The van der Waals surface area contributed by atoms with Crippen LogP contribution in [0.3, 0.4) is 0 Å². The molecule has 0 aliphatic rings. The van der Waals surface area contributed by atoms with E-state index in [2.05, 4.69) is 16.2 Å². The minimum Gasteiger partial charge on any atom is -0.386 e. The molecule has 2 aromatic carbocycles. The Morgan fingerprint density at radius 3 is 2.00 bits per heavy atom. The summed E-state index contributed by atoms with van der Waals surface area (Å²) in [5, 5.41) is 3.13. The SMILES string of the molecule is CNc1ccccc1NNc1ccccc1. The van der Waals surface area contributed by atoms with Crippen molar-refractivity contribution in [3.05, 3.63) is 54.6 Å². The van der Waals surface area contributed by atoms with Gasteiger partial charge in [0.05, 0.1) is 17.1 Å². The maximum absolute atomic E-state index is 3.17. The normalized spacial score (nSPS) is 9.56. The molecule has 0 radical (unpaired) electrons. The molecule has 0 aliphatic heterocycles. The smallest absolute Gasteiger partial charge is 0.0771 e. The van der Waals surface area contributed by atoms with Gasteiger partial charge in [0, 0.05) is 7.05 Å². The maximum Gasteiger partial charge on any atom is 0.0771 e. The van der Waals surface area contributed by atoms with Gasteiger partial charge in [-0.1, -0.05) is 30.3 Å². The number of para-hydroxylation sites is 3. The van der Waals surface area contributed by atoms with Crippen LogP contribution in [0, 0.1) is 0 Å². The number of rotatable bonds is 4. The predicted octanol–water partition coefficient (Wildman–Crippen LogP) is 3.17. The molecule has 3 N–H and O–H groups in total. The summed E-state index contributed by atoms with van der Waals surface area (Å²) in [6, 6.07) is 18.0. The zero-order chi connectivity index (χ0) is 11.2. The molecule has 2 aromatic rings. The Balaban J connectivity index is 2.05. The fraction of sp³-hybridized carbons (Fsp3) is 0.0769. The van der Waals surface area contributed by atoms with Crippen LogP contribution in [-0.4, -0.2) is 7.05 Å². The van der Waals surface area contributed by atoms with Crippen molar-refractivity contribution in [1.82, 2.24) is 0 Å². The van der Waals surface area contributed by atoms with Crippen molar-refractivity contribution in [3.8, 4) is 0 Å². The van der Waals surface area contributed by atoms with E-state index in [9.17, 15) is 0 Å². The molecule has 0 atom stereocenters. The number of nitrogens with one attached hydrogen (secondary N) is 3. The summed E-state index contributed by atoms with van der Waals surface area (Å²) in [5.74, 6) is 0. The quantitative estimate of drug-likeness (QED) is 0.683. The van der Waals surface area contributed by atoms with Gasteiger partial charge in [0.2, 0.25) is 0 Å². The average Bonchev–Trinajstić information content (AvgIpc) is 2.38. The van der Waals surface area contributed by atoms with Gasteiger partial charge in [0.25, 0.3) is 0 Å². The second kappa shape index (κ2) is 5.07. The first kappa shape index (κ1) is 10.4. The standard InChI is InChI=1S/C13H15N3/c1-14-12-9-5-6-10-13(12)16-15-11-7-3-2-4-8-11/h2-10,14-16H,1H3. The van der Waals surface area contributed by atoms with Crippen LogP contribution in [-0.2, 0) is 0 Å². The van der Waals surface area contributed by atoms with Gasteiger partial charge in [-0.2, -0.15) is 0 Å². The lowest BCUT2D eigenvalue weighted by molar-refractivity contribution is 1.39. The van der Waals surface area contributed by atoms with Crippen LogP contribution in [0.15, 0.2) is 54.6 Å². The van der Waals surface area contributed by atoms with E-state index in [4.69, 9.17) is 0 Å². The van der Waals surface area contributed by atoms with E-state index in [1.54, 1.807) is 0 Å². The van der Waals surface area contributed by atoms with Gasteiger partial charge in [-0.15, -0.1) is 0 Å². The van der Waals surface area contributed by atoms with Crippen LogP contribution in [0.4, 0.5) is 17.1 Å². The van der Waals surface area contributed by atoms with E-state index in [-0.39, 0.29) is 0 Å². The second-order valence-corrected chi connectivity index (χ2v) is 3.41. The minimum absolute atomic E-state index is 1.02. The summed E-state index contributed by atoms with van der Waals surface area (Å²) in [7, 11) is 1.91. The summed E-state index contributed by atoms with van der Waals surface area (Å²) in [5.41, 5.74) is 9.43. The molecule has 0 bridgehead atoms. The molecule has 0 amide bonds. The van der Waals surface area contributed by atoms with Crippen LogP contribution in [0.5, 0.6) is 0 Å². The number of anilines is 3. The Morgan fingerprint density at radius 1 is 0.688 bits per heavy atom. The zero-order valence-electron chi connectivity index (χ0n) is 9.20. The lowest BCUT2D eigenvalue weighted by atomic mass is 10.3. The first-order valence-corrected chi connectivity index (χ1v) is 5.24. The van der Waals surface area contributed by atoms with E-state index in [0.29, 0.717) is 0 Å². The van der Waals surface area contributed by atoms with Crippen molar-refractivity contribution < 1.29 is 0 Å². The Hall–Kier alpha value is -2.16. The molecule has 0 heterocycles. The molecule has 0 unspecified atom stereocenters. The molecule has 3 nitrogen and oxygen atoms in total. The van der Waals surface area contributed by atoms with Crippen LogP contribution < -0.4 is 16.2 Å². The van der Waals surface area contributed by atoms with Gasteiger partial charge >= 0.3 is 0 Å². The van der Waals surface area contributed by atoms with Gasteiger partial charge in [-0.05, 0) is 24.3 Å². The third kappa shape index (κ3) is 2.45. The Bertz CT molecular complexity index is 440. The van der Waals surface area contributed by atoms with E-state index >= 15 is 0 Å². The maximum atomic E-state index is 3.17. The highest BCUT2D eigenvalue weighted by molar-refractivity contribution is 5.69. The van der Waals surface area contributed by atoms with Crippen molar-refractivity contribution in [1.29, 1.82) is 0 Å². The van der Waals surface area contributed by atoms with Gasteiger partial charge < -0.3 is 10.7 Å². The van der Waals surface area contributed by atoms with E-state index in [1.807, 2.05) is 61.6 Å². The summed E-state index contributed by atoms with van der Waals surface area (Å²) in [6.45, 7) is 0. The summed E-state index contributed by atoms with van der Waals surface area (Å²) < 4.78 is 0. The van der Waals surface area contributed by atoms with Gasteiger partial charge in [0.15, 0.2) is 0 Å². The summed E-state index contributed by atoms with van der Waals surface area (Å²) >= 11 is 0. The molecule has 3 heteroatoms. The van der Waals surface area contributed by atoms with Crippen LogP contribution in [0.2, 0.25) is 0 Å². The third-order valence-corrected chi connectivity index (χ3v) is 2.31. The molecule has 0 fully saturated rings. The Kier molecular flexibility index (Phi) is 3.28. The molecule has 0 aromatic heterocycles. The molecule has 16 heavy (non-hydrogen) atoms. The van der Waals surface area contributed by atoms with Crippen molar-refractivity contribution >= 4 is 17.1 Å². The van der Waals surface area contributed by atoms with Crippen LogP contribution in [0.25, 0.3) is 0 Å². The second-order valence-electron chi connectivity index (χ2n) is 3.41. The highest BCUT2D eigenvalue weighted by atomic mass is 15.4. The molecule has 0 saturated carbocycles.